The zero-order valence-corrected chi connectivity index (χ0v) is 14.9. The molecule has 0 radical (unpaired) electrons. The zero-order chi connectivity index (χ0) is 18.8. The molecule has 3 heterocycles. The van der Waals surface area contributed by atoms with Crippen LogP contribution in [0.3, 0.4) is 0 Å². The van der Waals surface area contributed by atoms with Crippen LogP contribution in [0.5, 0.6) is 11.5 Å². The van der Waals surface area contributed by atoms with E-state index in [-0.39, 0.29) is 5.91 Å². The molecule has 0 spiro atoms. The number of hydrogen-bond acceptors (Lipinski definition) is 7. The molecular weight excluding hydrogens is 348 g/mol. The van der Waals surface area contributed by atoms with Gasteiger partial charge in [0.1, 0.15) is 24.7 Å². The van der Waals surface area contributed by atoms with Crippen LogP contribution in [0.15, 0.2) is 36.8 Å². The lowest BCUT2D eigenvalue weighted by Gasteiger charge is -2.15. The highest BCUT2D eigenvalue weighted by atomic mass is 16.5. The van der Waals surface area contributed by atoms with Crippen molar-refractivity contribution in [2.75, 3.05) is 32.8 Å². The first-order chi connectivity index (χ1) is 13.2. The number of aromatic nitrogens is 3. The predicted octanol–water partition coefficient (Wildman–Crippen LogP) is 2.14. The zero-order valence-electron chi connectivity index (χ0n) is 14.9. The third-order valence-electron chi connectivity index (χ3n) is 4.42. The van der Waals surface area contributed by atoms with Crippen LogP contribution < -0.4 is 14.8 Å². The number of anilines is 1. The lowest BCUT2D eigenvalue weighted by atomic mass is 9.95. The molecule has 8 heteroatoms. The van der Waals surface area contributed by atoms with Crippen LogP contribution in [-0.4, -0.2) is 48.3 Å². The first kappa shape index (κ1) is 17.2. The average molecular weight is 366 g/mol. The molecule has 1 N–H and O–H groups in total. The third-order valence-corrected chi connectivity index (χ3v) is 4.42. The molecule has 0 saturated carbocycles. The smallest absolute Gasteiger partial charge is 0.239 e. The maximum atomic E-state index is 12.6. The van der Waals surface area contributed by atoms with E-state index in [9.17, 15) is 4.79 Å². The van der Waals surface area contributed by atoms with E-state index in [2.05, 4.69) is 20.3 Å². The second kappa shape index (κ2) is 7.16. The Morgan fingerprint density at radius 3 is 2.81 bits per heavy atom. The Kier molecular flexibility index (Phi) is 4.55. The molecule has 3 aromatic rings. The van der Waals surface area contributed by atoms with Crippen molar-refractivity contribution in [3.63, 3.8) is 0 Å². The van der Waals surface area contributed by atoms with Gasteiger partial charge < -0.3 is 19.5 Å². The van der Waals surface area contributed by atoms with Gasteiger partial charge in [0.25, 0.3) is 0 Å². The normalized spacial score (nSPS) is 15.5. The summed E-state index contributed by atoms with van der Waals surface area (Å²) in [5.41, 5.74) is 2.06. The highest BCUT2D eigenvalue weighted by Crippen LogP contribution is 2.39. The Morgan fingerprint density at radius 1 is 1.11 bits per heavy atom. The number of benzene rings is 1. The first-order valence-electron chi connectivity index (χ1n) is 8.43. The van der Waals surface area contributed by atoms with Crippen molar-refractivity contribution in [2.45, 2.75) is 5.92 Å². The molecule has 4 rings (SSSR count). The molecule has 1 atom stereocenters. The topological polar surface area (TPSA) is 95.5 Å². The summed E-state index contributed by atoms with van der Waals surface area (Å²) in [6.07, 6.45) is 3.09. The highest BCUT2D eigenvalue weighted by molar-refractivity contribution is 6.05. The minimum absolute atomic E-state index is 0.164. The molecule has 0 aliphatic carbocycles. The molecule has 1 aromatic carbocycles. The van der Waals surface area contributed by atoms with Gasteiger partial charge in [-0.05, 0) is 12.1 Å². The van der Waals surface area contributed by atoms with E-state index in [0.717, 1.165) is 10.9 Å². The Bertz CT molecular complexity index is 1010. The maximum Gasteiger partial charge on any atom is 0.239 e. The van der Waals surface area contributed by atoms with Crippen molar-refractivity contribution >= 4 is 22.6 Å². The summed E-state index contributed by atoms with van der Waals surface area (Å²) in [5, 5.41) is 3.53. The summed E-state index contributed by atoms with van der Waals surface area (Å²) in [6, 6.07) is 7.26. The van der Waals surface area contributed by atoms with Crippen molar-refractivity contribution < 1.29 is 19.0 Å². The van der Waals surface area contributed by atoms with Crippen LogP contribution in [0.4, 0.5) is 5.82 Å². The molecule has 1 aliphatic rings. The van der Waals surface area contributed by atoms with E-state index >= 15 is 0 Å². The van der Waals surface area contributed by atoms with Gasteiger partial charge in [0.2, 0.25) is 5.91 Å². The van der Waals surface area contributed by atoms with E-state index in [1.807, 2.05) is 6.07 Å². The standard InChI is InChI=1S/C19H18N4O4/c1-25-6-7-27-15-9-13-12(8-14(15)26-2)17(22-10-21-13)16-11-4-3-5-20-18(11)23-19(16)24/h3-5,8-10,16H,6-7H2,1-2H3,(H,20,23,24). The molecule has 1 aliphatic heterocycles. The molecule has 0 saturated heterocycles. The monoisotopic (exact) mass is 366 g/mol. The fourth-order valence-corrected chi connectivity index (χ4v) is 3.18. The average Bonchev–Trinajstić information content (AvgIpc) is 3.02. The van der Waals surface area contributed by atoms with Gasteiger partial charge in [0.15, 0.2) is 11.5 Å². The Hall–Kier alpha value is -3.26. The lowest BCUT2D eigenvalue weighted by Crippen LogP contribution is -2.15. The molecule has 27 heavy (non-hydrogen) atoms. The number of ether oxygens (including phenoxy) is 3. The van der Waals surface area contributed by atoms with Gasteiger partial charge in [-0.1, -0.05) is 6.07 Å². The molecule has 8 nitrogen and oxygen atoms in total. The van der Waals surface area contributed by atoms with E-state index in [1.54, 1.807) is 38.6 Å². The fraction of sp³-hybridized carbons (Fsp3) is 0.263. The van der Waals surface area contributed by atoms with E-state index in [4.69, 9.17) is 14.2 Å². The Morgan fingerprint density at radius 2 is 2.00 bits per heavy atom. The maximum absolute atomic E-state index is 12.6. The Balaban J connectivity index is 1.82. The van der Waals surface area contributed by atoms with Gasteiger partial charge in [-0.15, -0.1) is 0 Å². The van der Waals surface area contributed by atoms with Gasteiger partial charge >= 0.3 is 0 Å². The van der Waals surface area contributed by atoms with Crippen molar-refractivity contribution in [2.24, 2.45) is 0 Å². The predicted molar refractivity (Wildman–Crippen MR) is 98.2 cm³/mol. The van der Waals surface area contributed by atoms with Gasteiger partial charge in [0.05, 0.1) is 24.9 Å². The van der Waals surface area contributed by atoms with Gasteiger partial charge in [0, 0.05) is 30.3 Å². The number of rotatable bonds is 6. The number of hydrogen-bond donors (Lipinski definition) is 1. The van der Waals surface area contributed by atoms with Crippen molar-refractivity contribution in [1.29, 1.82) is 0 Å². The Labute approximate surface area is 155 Å². The summed E-state index contributed by atoms with van der Waals surface area (Å²) in [5.74, 6) is 0.946. The van der Waals surface area contributed by atoms with Crippen LogP contribution in [0.2, 0.25) is 0 Å². The summed E-state index contributed by atoms with van der Waals surface area (Å²) in [7, 11) is 3.18. The number of fused-ring (bicyclic) bond motifs is 2. The molecule has 0 bridgehead atoms. The summed E-state index contributed by atoms with van der Waals surface area (Å²) >= 11 is 0. The largest absolute Gasteiger partial charge is 0.493 e. The van der Waals surface area contributed by atoms with Crippen LogP contribution in [0.1, 0.15) is 17.2 Å². The molecule has 1 amide bonds. The van der Waals surface area contributed by atoms with Gasteiger partial charge in [-0.25, -0.2) is 15.0 Å². The highest BCUT2D eigenvalue weighted by Gasteiger charge is 2.35. The second-order valence-electron chi connectivity index (χ2n) is 5.98. The van der Waals surface area contributed by atoms with E-state index in [0.29, 0.717) is 41.7 Å². The van der Waals surface area contributed by atoms with Crippen molar-refractivity contribution in [3.8, 4) is 11.5 Å². The van der Waals surface area contributed by atoms with Crippen molar-refractivity contribution in [1.82, 2.24) is 15.0 Å². The summed E-state index contributed by atoms with van der Waals surface area (Å²) < 4.78 is 16.2. The first-order valence-corrected chi connectivity index (χ1v) is 8.43. The van der Waals surface area contributed by atoms with E-state index < -0.39 is 5.92 Å². The van der Waals surface area contributed by atoms with Crippen LogP contribution in [0, 0.1) is 0 Å². The SMILES string of the molecule is COCCOc1cc2ncnc(C3C(=O)Nc4ncccc43)c2cc1OC. The van der Waals surface area contributed by atoms with Gasteiger partial charge in [-0.3, -0.25) is 4.79 Å². The molecule has 0 fully saturated rings. The van der Waals surface area contributed by atoms with E-state index in [1.165, 1.54) is 6.33 Å². The summed E-state index contributed by atoms with van der Waals surface area (Å²) in [6.45, 7) is 0.850. The third kappa shape index (κ3) is 3.04. The number of pyridine rings is 1. The number of nitrogens with zero attached hydrogens (tertiary/aromatic N) is 3. The molecule has 2 aromatic heterocycles. The lowest BCUT2D eigenvalue weighted by molar-refractivity contribution is -0.116. The minimum atomic E-state index is -0.552. The number of carbonyl (C=O) groups is 1. The van der Waals surface area contributed by atoms with Crippen LogP contribution in [0.25, 0.3) is 10.9 Å². The summed E-state index contributed by atoms with van der Waals surface area (Å²) in [4.78, 5) is 25.5. The number of carbonyl (C=O) groups excluding carboxylic acids is 1. The number of nitrogens with one attached hydrogen (secondary N) is 1. The molecular formula is C19H18N4O4. The molecule has 138 valence electrons. The minimum Gasteiger partial charge on any atom is -0.493 e. The fourth-order valence-electron chi connectivity index (χ4n) is 3.18. The number of amides is 1. The second-order valence-corrected chi connectivity index (χ2v) is 5.98. The molecule has 1 unspecified atom stereocenters. The van der Waals surface area contributed by atoms with Crippen molar-refractivity contribution in [3.05, 3.63) is 48.0 Å². The quantitative estimate of drug-likeness (QED) is 0.668. The van der Waals surface area contributed by atoms with Crippen LogP contribution in [-0.2, 0) is 9.53 Å². The van der Waals surface area contributed by atoms with Gasteiger partial charge in [-0.2, -0.15) is 0 Å². The number of methoxy groups -OCH3 is 2. The van der Waals surface area contributed by atoms with Crippen LogP contribution >= 0.6 is 0 Å².